The maximum Gasteiger partial charge on any atom is 0.0408 e. The maximum atomic E-state index is 6.03. The summed E-state index contributed by atoms with van der Waals surface area (Å²) in [6, 6.07) is 16.9. The van der Waals surface area contributed by atoms with E-state index in [0.29, 0.717) is 6.04 Å². The molecule has 0 spiro atoms. The van der Waals surface area contributed by atoms with Gasteiger partial charge in [-0.05, 0) is 55.4 Å². The molecular formula is C16H17BrClNS. The van der Waals surface area contributed by atoms with E-state index in [2.05, 4.69) is 51.6 Å². The second kappa shape index (κ2) is 8.08. The minimum absolute atomic E-state index is 0.433. The Kier molecular flexibility index (Phi) is 6.43. The number of halogens is 2. The summed E-state index contributed by atoms with van der Waals surface area (Å²) in [5.41, 5.74) is 1.27. The summed E-state index contributed by atoms with van der Waals surface area (Å²) >= 11 is 11.4. The molecule has 2 rings (SSSR count). The van der Waals surface area contributed by atoms with Crippen molar-refractivity contribution in [3.63, 3.8) is 0 Å². The third-order valence-electron chi connectivity index (χ3n) is 3.04. The topological polar surface area (TPSA) is 12.0 Å². The Labute approximate surface area is 138 Å². The zero-order chi connectivity index (χ0) is 14.4. The van der Waals surface area contributed by atoms with Crippen molar-refractivity contribution in [3.8, 4) is 0 Å². The summed E-state index contributed by atoms with van der Waals surface area (Å²) in [6.07, 6.45) is 0.987. The van der Waals surface area contributed by atoms with Crippen LogP contribution in [0, 0.1) is 0 Å². The van der Waals surface area contributed by atoms with Crippen LogP contribution in [0.4, 0.5) is 0 Å². The van der Waals surface area contributed by atoms with Crippen LogP contribution in [-0.2, 0) is 6.42 Å². The van der Waals surface area contributed by atoms with E-state index >= 15 is 0 Å². The predicted octanol–water partition coefficient (Wildman–Crippen LogP) is 5.03. The molecule has 0 saturated carbocycles. The van der Waals surface area contributed by atoms with Gasteiger partial charge in [0.2, 0.25) is 0 Å². The average molecular weight is 371 g/mol. The molecule has 0 aromatic heterocycles. The molecule has 0 radical (unpaired) electrons. The van der Waals surface area contributed by atoms with Gasteiger partial charge in [-0.2, -0.15) is 0 Å². The van der Waals surface area contributed by atoms with Gasteiger partial charge in [-0.15, -0.1) is 11.8 Å². The van der Waals surface area contributed by atoms with Crippen LogP contribution >= 0.6 is 39.3 Å². The number of hydrogen-bond acceptors (Lipinski definition) is 2. The van der Waals surface area contributed by atoms with Crippen molar-refractivity contribution in [2.75, 3.05) is 12.8 Å². The quantitative estimate of drug-likeness (QED) is 0.716. The molecule has 2 aromatic carbocycles. The zero-order valence-corrected chi connectivity index (χ0v) is 14.4. The number of nitrogens with one attached hydrogen (secondary N) is 1. The van der Waals surface area contributed by atoms with E-state index in [1.54, 1.807) is 0 Å². The SMILES string of the molecule is CNC(CSc1ccc(Br)cc1)Cc1cccc(Cl)c1. The van der Waals surface area contributed by atoms with Gasteiger partial charge < -0.3 is 5.32 Å². The summed E-state index contributed by atoms with van der Waals surface area (Å²) in [4.78, 5) is 1.29. The number of benzene rings is 2. The highest BCUT2D eigenvalue weighted by Crippen LogP contribution is 2.22. The Hall–Kier alpha value is -0.480. The third kappa shape index (κ3) is 5.13. The zero-order valence-electron chi connectivity index (χ0n) is 11.3. The molecule has 2 aromatic rings. The third-order valence-corrected chi connectivity index (χ3v) is 4.98. The number of hydrogen-bond donors (Lipinski definition) is 1. The first kappa shape index (κ1) is 15.9. The van der Waals surface area contributed by atoms with Crippen molar-refractivity contribution in [1.82, 2.24) is 5.32 Å². The monoisotopic (exact) mass is 369 g/mol. The van der Waals surface area contributed by atoms with E-state index < -0.39 is 0 Å². The van der Waals surface area contributed by atoms with Crippen molar-refractivity contribution >= 4 is 39.3 Å². The lowest BCUT2D eigenvalue weighted by molar-refractivity contribution is 0.617. The molecule has 0 fully saturated rings. The Morgan fingerprint density at radius 3 is 2.60 bits per heavy atom. The molecule has 106 valence electrons. The van der Waals surface area contributed by atoms with Gasteiger partial charge in [-0.3, -0.25) is 0 Å². The lowest BCUT2D eigenvalue weighted by Crippen LogP contribution is -2.30. The fourth-order valence-corrected chi connectivity index (χ4v) is 3.40. The van der Waals surface area contributed by atoms with Gasteiger partial charge in [0.1, 0.15) is 0 Å². The van der Waals surface area contributed by atoms with Crippen molar-refractivity contribution in [2.24, 2.45) is 0 Å². The molecular weight excluding hydrogens is 354 g/mol. The van der Waals surface area contributed by atoms with Gasteiger partial charge in [-0.1, -0.05) is 39.7 Å². The van der Waals surface area contributed by atoms with Gasteiger partial charge in [0.05, 0.1) is 0 Å². The standard InChI is InChI=1S/C16H17BrClNS/c1-19-15(10-12-3-2-4-14(18)9-12)11-20-16-7-5-13(17)6-8-16/h2-9,15,19H,10-11H2,1H3. The molecule has 20 heavy (non-hydrogen) atoms. The van der Waals surface area contributed by atoms with Crippen LogP contribution in [0.25, 0.3) is 0 Å². The maximum absolute atomic E-state index is 6.03. The van der Waals surface area contributed by atoms with Crippen molar-refractivity contribution in [3.05, 3.63) is 63.6 Å². The van der Waals surface area contributed by atoms with Gasteiger partial charge in [0.25, 0.3) is 0 Å². The molecule has 0 aliphatic heterocycles. The number of likely N-dealkylation sites (N-methyl/N-ethyl adjacent to an activating group) is 1. The van der Waals surface area contributed by atoms with Gasteiger partial charge in [0.15, 0.2) is 0 Å². The number of thioether (sulfide) groups is 1. The van der Waals surface area contributed by atoms with Crippen LogP contribution in [0.3, 0.4) is 0 Å². The number of rotatable bonds is 6. The van der Waals surface area contributed by atoms with Crippen molar-refractivity contribution in [2.45, 2.75) is 17.4 Å². The van der Waals surface area contributed by atoms with Crippen molar-refractivity contribution < 1.29 is 0 Å². The van der Waals surface area contributed by atoms with Crippen LogP contribution in [-0.4, -0.2) is 18.8 Å². The Bertz CT molecular complexity index is 544. The Morgan fingerprint density at radius 1 is 1.20 bits per heavy atom. The molecule has 0 heterocycles. The van der Waals surface area contributed by atoms with E-state index in [0.717, 1.165) is 21.7 Å². The summed E-state index contributed by atoms with van der Waals surface area (Å²) < 4.78 is 1.12. The molecule has 1 N–H and O–H groups in total. The first-order valence-corrected chi connectivity index (χ1v) is 8.63. The fourth-order valence-electron chi connectivity index (χ4n) is 1.92. The molecule has 1 atom stereocenters. The highest BCUT2D eigenvalue weighted by atomic mass is 79.9. The first-order valence-electron chi connectivity index (χ1n) is 6.47. The summed E-state index contributed by atoms with van der Waals surface area (Å²) in [7, 11) is 2.01. The largest absolute Gasteiger partial charge is 0.316 e. The van der Waals surface area contributed by atoms with E-state index in [-0.39, 0.29) is 0 Å². The second-order valence-corrected chi connectivity index (χ2v) is 7.03. The molecule has 0 amide bonds. The molecule has 0 bridgehead atoms. The van der Waals surface area contributed by atoms with Crippen LogP contribution in [0.2, 0.25) is 5.02 Å². The molecule has 1 unspecified atom stereocenters. The molecule has 0 aliphatic carbocycles. The lowest BCUT2D eigenvalue weighted by Gasteiger charge is -2.16. The molecule has 4 heteroatoms. The van der Waals surface area contributed by atoms with Crippen LogP contribution in [0.15, 0.2) is 57.9 Å². The lowest BCUT2D eigenvalue weighted by atomic mass is 10.1. The van der Waals surface area contributed by atoms with Crippen molar-refractivity contribution in [1.29, 1.82) is 0 Å². The first-order chi connectivity index (χ1) is 9.67. The van der Waals surface area contributed by atoms with Crippen LogP contribution in [0.1, 0.15) is 5.56 Å². The Balaban J connectivity index is 1.90. The summed E-state index contributed by atoms with van der Waals surface area (Å²) in [5.74, 6) is 1.03. The van der Waals surface area contributed by atoms with E-state index in [4.69, 9.17) is 11.6 Å². The van der Waals surface area contributed by atoms with E-state index in [1.807, 2.05) is 37.0 Å². The highest BCUT2D eigenvalue weighted by molar-refractivity contribution is 9.10. The van der Waals surface area contributed by atoms with Gasteiger partial charge in [0, 0.05) is 26.2 Å². The highest BCUT2D eigenvalue weighted by Gasteiger charge is 2.08. The summed E-state index contributed by atoms with van der Waals surface area (Å²) in [6.45, 7) is 0. The second-order valence-electron chi connectivity index (χ2n) is 4.58. The normalized spacial score (nSPS) is 12.3. The minimum Gasteiger partial charge on any atom is -0.316 e. The molecule has 0 aliphatic rings. The molecule has 0 saturated heterocycles. The van der Waals surface area contributed by atoms with Gasteiger partial charge in [-0.25, -0.2) is 0 Å². The van der Waals surface area contributed by atoms with Crippen LogP contribution in [0.5, 0.6) is 0 Å². The minimum atomic E-state index is 0.433. The van der Waals surface area contributed by atoms with Gasteiger partial charge >= 0.3 is 0 Å². The average Bonchev–Trinajstić information content (AvgIpc) is 2.45. The fraction of sp³-hybridized carbons (Fsp3) is 0.250. The smallest absolute Gasteiger partial charge is 0.0408 e. The Morgan fingerprint density at radius 2 is 1.95 bits per heavy atom. The predicted molar refractivity (Wildman–Crippen MR) is 92.9 cm³/mol. The van der Waals surface area contributed by atoms with Crippen LogP contribution < -0.4 is 5.32 Å². The molecule has 1 nitrogen and oxygen atoms in total. The van der Waals surface area contributed by atoms with E-state index in [9.17, 15) is 0 Å². The van der Waals surface area contributed by atoms with E-state index in [1.165, 1.54) is 10.5 Å². The summed E-state index contributed by atoms with van der Waals surface area (Å²) in [5, 5.41) is 4.18.